The molecule has 22 heavy (non-hydrogen) atoms. The second-order valence-electron chi connectivity index (χ2n) is 5.03. The Morgan fingerprint density at radius 1 is 1.45 bits per heavy atom. The fourth-order valence-corrected chi connectivity index (χ4v) is 2.94. The number of aromatic nitrogens is 1. The van der Waals surface area contributed by atoms with Crippen molar-refractivity contribution in [1.29, 1.82) is 0 Å². The molecule has 2 aromatic rings. The SMILES string of the molecule is Cc1nc(-c2cc(Cl)ccc2OCCN(C)C)sc1C(=O)O. The lowest BCUT2D eigenvalue weighted by molar-refractivity contribution is 0.0701. The normalized spacial score (nSPS) is 11.0. The van der Waals surface area contributed by atoms with Crippen LogP contribution in [0.4, 0.5) is 0 Å². The van der Waals surface area contributed by atoms with Crippen molar-refractivity contribution in [3.8, 4) is 16.3 Å². The Kier molecular flexibility index (Phi) is 5.39. The maximum atomic E-state index is 11.2. The minimum absolute atomic E-state index is 0.231. The third-order valence-corrected chi connectivity index (χ3v) is 4.37. The molecule has 0 aliphatic heterocycles. The molecule has 0 saturated carbocycles. The van der Waals surface area contributed by atoms with Gasteiger partial charge in [0.25, 0.3) is 0 Å². The number of ether oxygens (including phenoxy) is 1. The van der Waals surface area contributed by atoms with E-state index in [0.29, 0.717) is 33.6 Å². The van der Waals surface area contributed by atoms with Crippen LogP contribution < -0.4 is 4.74 Å². The highest BCUT2D eigenvalue weighted by Crippen LogP contribution is 2.36. The molecule has 118 valence electrons. The first-order chi connectivity index (χ1) is 10.4. The van der Waals surface area contributed by atoms with Gasteiger partial charge in [-0.1, -0.05) is 11.6 Å². The van der Waals surface area contributed by atoms with E-state index in [2.05, 4.69) is 4.98 Å². The van der Waals surface area contributed by atoms with E-state index in [9.17, 15) is 4.79 Å². The molecule has 0 bridgehead atoms. The predicted molar refractivity (Wildman–Crippen MR) is 88.3 cm³/mol. The van der Waals surface area contributed by atoms with Crippen LogP contribution in [-0.4, -0.2) is 48.2 Å². The van der Waals surface area contributed by atoms with Gasteiger partial charge in [0, 0.05) is 11.6 Å². The maximum absolute atomic E-state index is 11.2. The zero-order valence-electron chi connectivity index (χ0n) is 12.6. The molecule has 0 spiro atoms. The van der Waals surface area contributed by atoms with E-state index in [1.54, 1.807) is 25.1 Å². The average molecular weight is 341 g/mol. The summed E-state index contributed by atoms with van der Waals surface area (Å²) >= 11 is 7.18. The quantitative estimate of drug-likeness (QED) is 0.873. The van der Waals surface area contributed by atoms with E-state index in [4.69, 9.17) is 21.4 Å². The van der Waals surface area contributed by atoms with Crippen molar-refractivity contribution < 1.29 is 14.6 Å². The fraction of sp³-hybridized carbons (Fsp3) is 0.333. The van der Waals surface area contributed by atoms with Crippen molar-refractivity contribution in [1.82, 2.24) is 9.88 Å². The first-order valence-corrected chi connectivity index (χ1v) is 7.86. The molecular formula is C15H17ClN2O3S. The molecule has 0 fully saturated rings. The molecule has 1 N–H and O–H groups in total. The van der Waals surface area contributed by atoms with Crippen molar-refractivity contribution in [2.45, 2.75) is 6.92 Å². The molecule has 5 nitrogen and oxygen atoms in total. The van der Waals surface area contributed by atoms with Gasteiger partial charge in [0.15, 0.2) is 0 Å². The summed E-state index contributed by atoms with van der Waals surface area (Å²) in [4.78, 5) is 17.8. The van der Waals surface area contributed by atoms with Gasteiger partial charge < -0.3 is 14.7 Å². The summed E-state index contributed by atoms with van der Waals surface area (Å²) < 4.78 is 5.79. The monoisotopic (exact) mass is 340 g/mol. The number of hydrogen-bond acceptors (Lipinski definition) is 5. The number of carbonyl (C=O) groups is 1. The molecule has 0 aliphatic carbocycles. The Morgan fingerprint density at radius 3 is 2.77 bits per heavy atom. The van der Waals surface area contributed by atoms with Gasteiger partial charge in [0.2, 0.25) is 0 Å². The molecule has 2 rings (SSSR count). The van der Waals surface area contributed by atoms with Gasteiger partial charge >= 0.3 is 5.97 Å². The number of likely N-dealkylation sites (N-methyl/N-ethyl adjacent to an activating group) is 1. The summed E-state index contributed by atoms with van der Waals surface area (Å²) in [6.45, 7) is 2.98. The number of hydrogen-bond donors (Lipinski definition) is 1. The van der Waals surface area contributed by atoms with Crippen LogP contribution in [0.15, 0.2) is 18.2 Å². The van der Waals surface area contributed by atoms with Gasteiger partial charge in [0.1, 0.15) is 22.2 Å². The Bertz CT molecular complexity index is 685. The van der Waals surface area contributed by atoms with Crippen LogP contribution in [0.2, 0.25) is 5.02 Å². The van der Waals surface area contributed by atoms with Crippen molar-refractivity contribution in [3.05, 3.63) is 33.8 Å². The summed E-state index contributed by atoms with van der Waals surface area (Å²) in [7, 11) is 3.94. The third-order valence-electron chi connectivity index (χ3n) is 2.96. The zero-order chi connectivity index (χ0) is 16.3. The van der Waals surface area contributed by atoms with Gasteiger partial charge in [-0.25, -0.2) is 9.78 Å². The minimum atomic E-state index is -0.974. The van der Waals surface area contributed by atoms with Crippen LogP contribution in [0, 0.1) is 6.92 Å². The molecule has 0 unspecified atom stereocenters. The van der Waals surface area contributed by atoms with E-state index >= 15 is 0 Å². The van der Waals surface area contributed by atoms with Crippen LogP contribution in [0.5, 0.6) is 5.75 Å². The molecule has 0 radical (unpaired) electrons. The zero-order valence-corrected chi connectivity index (χ0v) is 14.2. The van der Waals surface area contributed by atoms with Crippen molar-refractivity contribution in [2.75, 3.05) is 27.2 Å². The van der Waals surface area contributed by atoms with Crippen molar-refractivity contribution in [2.24, 2.45) is 0 Å². The topological polar surface area (TPSA) is 62.7 Å². The number of rotatable bonds is 6. The summed E-state index contributed by atoms with van der Waals surface area (Å²) in [6, 6.07) is 5.27. The second kappa shape index (κ2) is 7.09. The van der Waals surface area contributed by atoms with Gasteiger partial charge in [0.05, 0.1) is 11.3 Å². The molecule has 1 aromatic carbocycles. The van der Waals surface area contributed by atoms with E-state index in [1.807, 2.05) is 19.0 Å². The van der Waals surface area contributed by atoms with Crippen LogP contribution in [-0.2, 0) is 0 Å². The second-order valence-corrected chi connectivity index (χ2v) is 6.47. The van der Waals surface area contributed by atoms with E-state index in [-0.39, 0.29) is 4.88 Å². The lowest BCUT2D eigenvalue weighted by Gasteiger charge is -2.13. The number of aryl methyl sites for hydroxylation is 1. The molecule has 7 heteroatoms. The van der Waals surface area contributed by atoms with Gasteiger partial charge in [-0.05, 0) is 39.2 Å². The van der Waals surface area contributed by atoms with Gasteiger partial charge in [-0.3, -0.25) is 0 Å². The lowest BCUT2D eigenvalue weighted by Crippen LogP contribution is -2.19. The van der Waals surface area contributed by atoms with Crippen molar-refractivity contribution >= 4 is 28.9 Å². The number of thiazole rings is 1. The first kappa shape index (κ1) is 16.7. The highest BCUT2D eigenvalue weighted by molar-refractivity contribution is 7.17. The van der Waals surface area contributed by atoms with E-state index in [1.165, 1.54) is 0 Å². The minimum Gasteiger partial charge on any atom is -0.492 e. The standard InChI is InChI=1S/C15H17ClN2O3S/c1-9-13(15(19)20)22-14(17-9)11-8-10(16)4-5-12(11)21-7-6-18(2)3/h4-5,8H,6-7H2,1-3H3,(H,19,20). The highest BCUT2D eigenvalue weighted by Gasteiger charge is 2.18. The Morgan fingerprint density at radius 2 is 2.18 bits per heavy atom. The maximum Gasteiger partial charge on any atom is 0.347 e. The summed E-state index contributed by atoms with van der Waals surface area (Å²) in [5.41, 5.74) is 1.21. The molecule has 1 aromatic heterocycles. The average Bonchev–Trinajstić information content (AvgIpc) is 2.82. The molecule has 0 aliphatic rings. The molecule has 0 saturated heterocycles. The predicted octanol–water partition coefficient (Wildman–Crippen LogP) is 3.41. The largest absolute Gasteiger partial charge is 0.492 e. The Balaban J connectivity index is 2.34. The van der Waals surface area contributed by atoms with Crippen molar-refractivity contribution in [3.63, 3.8) is 0 Å². The Labute approximate surface area is 138 Å². The number of aromatic carboxylic acids is 1. The summed E-state index contributed by atoms with van der Waals surface area (Å²) in [6.07, 6.45) is 0. The fourth-order valence-electron chi connectivity index (χ4n) is 1.84. The molecule has 0 amide bonds. The number of benzene rings is 1. The van der Waals surface area contributed by atoms with Gasteiger partial charge in [-0.2, -0.15) is 0 Å². The van der Waals surface area contributed by atoms with Crippen LogP contribution in [0.1, 0.15) is 15.4 Å². The summed E-state index contributed by atoms with van der Waals surface area (Å²) in [5.74, 6) is -0.324. The number of carboxylic acid groups (broad SMARTS) is 1. The smallest absolute Gasteiger partial charge is 0.347 e. The van der Waals surface area contributed by atoms with Gasteiger partial charge in [-0.15, -0.1) is 11.3 Å². The van der Waals surface area contributed by atoms with Crippen LogP contribution in [0.3, 0.4) is 0 Å². The molecular weight excluding hydrogens is 324 g/mol. The number of nitrogens with zero attached hydrogens (tertiary/aromatic N) is 2. The molecule has 1 heterocycles. The van der Waals surface area contributed by atoms with E-state index < -0.39 is 5.97 Å². The summed E-state index contributed by atoms with van der Waals surface area (Å²) in [5, 5.41) is 10.3. The first-order valence-electron chi connectivity index (χ1n) is 6.66. The Hall–Kier alpha value is -1.63. The van der Waals surface area contributed by atoms with Crippen LogP contribution >= 0.6 is 22.9 Å². The van der Waals surface area contributed by atoms with Crippen LogP contribution in [0.25, 0.3) is 10.6 Å². The van der Waals surface area contributed by atoms with E-state index in [0.717, 1.165) is 17.9 Å². The highest BCUT2D eigenvalue weighted by atomic mass is 35.5. The lowest BCUT2D eigenvalue weighted by atomic mass is 10.2. The molecule has 0 atom stereocenters. The number of halogens is 1. The number of carboxylic acids is 1. The third kappa shape index (κ3) is 3.97.